The molecule has 0 aromatic heterocycles. The Morgan fingerprint density at radius 2 is 1.62 bits per heavy atom. The van der Waals surface area contributed by atoms with Gasteiger partial charge in [-0.1, -0.05) is 38.1 Å². The molecule has 0 aliphatic rings. The van der Waals surface area contributed by atoms with Crippen molar-refractivity contribution in [3.63, 3.8) is 0 Å². The van der Waals surface area contributed by atoms with Gasteiger partial charge in [0.05, 0.1) is 0 Å². The summed E-state index contributed by atoms with van der Waals surface area (Å²) in [6.07, 6.45) is 0. The van der Waals surface area contributed by atoms with Crippen LogP contribution in [-0.2, 0) is 0 Å². The van der Waals surface area contributed by atoms with Gasteiger partial charge in [0.25, 0.3) is 0 Å². The van der Waals surface area contributed by atoms with Crippen LogP contribution in [0.1, 0.15) is 43.9 Å². The van der Waals surface area contributed by atoms with Crippen molar-refractivity contribution < 1.29 is 0 Å². The molecule has 2 heteroatoms. The Morgan fingerprint density at radius 3 is 2.08 bits per heavy atom. The normalized spacial score (nSPS) is 12.4. The van der Waals surface area contributed by atoms with Crippen molar-refractivity contribution in [2.24, 2.45) is 5.73 Å². The lowest BCUT2D eigenvalue weighted by molar-refractivity contribution is 0.803. The monoisotopic (exact) mass is 199 g/mol. The SMILES string of the molecule is CC(C)c1cccc(C(C)N)c1.Cl. The molecular weight excluding hydrogens is 182 g/mol. The molecule has 1 aromatic carbocycles. The van der Waals surface area contributed by atoms with Crippen LogP contribution in [0.3, 0.4) is 0 Å². The highest BCUT2D eigenvalue weighted by atomic mass is 35.5. The molecule has 1 nitrogen and oxygen atoms in total. The van der Waals surface area contributed by atoms with Crippen molar-refractivity contribution in [1.29, 1.82) is 0 Å². The molecule has 0 bridgehead atoms. The highest BCUT2D eigenvalue weighted by molar-refractivity contribution is 5.85. The minimum atomic E-state index is 0. The average molecular weight is 200 g/mol. The van der Waals surface area contributed by atoms with E-state index in [0.29, 0.717) is 5.92 Å². The Kier molecular flexibility index (Phi) is 5.04. The topological polar surface area (TPSA) is 26.0 Å². The van der Waals surface area contributed by atoms with Crippen LogP contribution in [0.25, 0.3) is 0 Å². The van der Waals surface area contributed by atoms with E-state index >= 15 is 0 Å². The predicted octanol–water partition coefficient (Wildman–Crippen LogP) is 3.25. The van der Waals surface area contributed by atoms with Gasteiger partial charge in [0.15, 0.2) is 0 Å². The van der Waals surface area contributed by atoms with Gasteiger partial charge >= 0.3 is 0 Å². The van der Waals surface area contributed by atoms with Crippen LogP contribution in [0.15, 0.2) is 24.3 Å². The summed E-state index contributed by atoms with van der Waals surface area (Å²) in [6, 6.07) is 8.64. The van der Waals surface area contributed by atoms with Crippen LogP contribution in [0.5, 0.6) is 0 Å². The summed E-state index contributed by atoms with van der Waals surface area (Å²) in [7, 11) is 0. The van der Waals surface area contributed by atoms with Gasteiger partial charge < -0.3 is 5.73 Å². The van der Waals surface area contributed by atoms with Crippen molar-refractivity contribution in [3.8, 4) is 0 Å². The third kappa shape index (κ3) is 3.37. The zero-order valence-electron chi connectivity index (χ0n) is 8.45. The predicted molar refractivity (Wildman–Crippen MR) is 60.4 cm³/mol. The van der Waals surface area contributed by atoms with Crippen molar-refractivity contribution >= 4 is 12.4 Å². The fourth-order valence-electron chi connectivity index (χ4n) is 1.20. The van der Waals surface area contributed by atoms with E-state index in [1.54, 1.807) is 0 Å². The molecule has 1 rings (SSSR count). The number of nitrogens with two attached hydrogens (primary N) is 1. The summed E-state index contributed by atoms with van der Waals surface area (Å²) < 4.78 is 0. The van der Waals surface area contributed by atoms with Gasteiger partial charge in [0.2, 0.25) is 0 Å². The Bertz CT molecular complexity index is 233. The molecule has 0 fully saturated rings. The van der Waals surface area contributed by atoms with E-state index in [-0.39, 0.29) is 18.4 Å². The van der Waals surface area contributed by atoms with E-state index in [4.69, 9.17) is 5.73 Å². The fraction of sp³-hybridized carbons (Fsp3) is 0.455. The molecule has 1 atom stereocenters. The molecule has 0 amide bonds. The number of benzene rings is 1. The largest absolute Gasteiger partial charge is 0.324 e. The van der Waals surface area contributed by atoms with Crippen molar-refractivity contribution in [2.75, 3.05) is 0 Å². The molecule has 0 aliphatic carbocycles. The minimum Gasteiger partial charge on any atom is -0.324 e. The molecule has 13 heavy (non-hydrogen) atoms. The first-order chi connectivity index (χ1) is 5.61. The Hall–Kier alpha value is -0.530. The van der Waals surface area contributed by atoms with Gasteiger partial charge in [-0.05, 0) is 24.0 Å². The van der Waals surface area contributed by atoms with E-state index in [2.05, 4.69) is 38.1 Å². The van der Waals surface area contributed by atoms with Crippen molar-refractivity contribution in [1.82, 2.24) is 0 Å². The highest BCUT2D eigenvalue weighted by Crippen LogP contribution is 2.18. The number of halogens is 1. The summed E-state index contributed by atoms with van der Waals surface area (Å²) in [6.45, 7) is 6.40. The van der Waals surface area contributed by atoms with Crippen LogP contribution in [-0.4, -0.2) is 0 Å². The molecule has 0 spiro atoms. The molecule has 0 radical (unpaired) electrons. The van der Waals surface area contributed by atoms with Gasteiger partial charge in [-0.3, -0.25) is 0 Å². The molecular formula is C11H18ClN. The molecule has 0 saturated heterocycles. The number of hydrogen-bond donors (Lipinski definition) is 1. The van der Waals surface area contributed by atoms with E-state index < -0.39 is 0 Å². The highest BCUT2D eigenvalue weighted by Gasteiger charge is 2.02. The lowest BCUT2D eigenvalue weighted by Crippen LogP contribution is -2.05. The van der Waals surface area contributed by atoms with E-state index in [1.807, 2.05) is 6.92 Å². The van der Waals surface area contributed by atoms with Crippen LogP contribution < -0.4 is 5.73 Å². The summed E-state index contributed by atoms with van der Waals surface area (Å²) in [4.78, 5) is 0. The Balaban J connectivity index is 0.00000144. The molecule has 2 N–H and O–H groups in total. The zero-order chi connectivity index (χ0) is 9.14. The first kappa shape index (κ1) is 12.5. The number of hydrogen-bond acceptors (Lipinski definition) is 1. The third-order valence-electron chi connectivity index (χ3n) is 2.10. The summed E-state index contributed by atoms with van der Waals surface area (Å²) >= 11 is 0. The van der Waals surface area contributed by atoms with Crippen LogP contribution in [0.4, 0.5) is 0 Å². The first-order valence-corrected chi connectivity index (χ1v) is 4.46. The quantitative estimate of drug-likeness (QED) is 0.778. The summed E-state index contributed by atoms with van der Waals surface area (Å²) in [5, 5.41) is 0. The van der Waals surface area contributed by atoms with Gasteiger partial charge in [-0.15, -0.1) is 12.4 Å². The summed E-state index contributed by atoms with van der Waals surface area (Å²) in [5.74, 6) is 0.587. The van der Waals surface area contributed by atoms with Gasteiger partial charge in [0.1, 0.15) is 0 Å². The maximum atomic E-state index is 5.78. The molecule has 1 unspecified atom stereocenters. The molecule has 0 heterocycles. The lowest BCUT2D eigenvalue weighted by atomic mass is 9.99. The Labute approximate surface area is 86.7 Å². The van der Waals surface area contributed by atoms with E-state index in [1.165, 1.54) is 11.1 Å². The van der Waals surface area contributed by atoms with Crippen LogP contribution >= 0.6 is 12.4 Å². The average Bonchev–Trinajstić information content (AvgIpc) is 2.04. The van der Waals surface area contributed by atoms with E-state index in [9.17, 15) is 0 Å². The fourth-order valence-corrected chi connectivity index (χ4v) is 1.20. The molecule has 0 saturated carbocycles. The Morgan fingerprint density at radius 1 is 1.08 bits per heavy atom. The van der Waals surface area contributed by atoms with Gasteiger partial charge in [0, 0.05) is 6.04 Å². The minimum absolute atomic E-state index is 0. The zero-order valence-corrected chi connectivity index (χ0v) is 9.27. The summed E-state index contributed by atoms with van der Waals surface area (Å²) in [5.41, 5.74) is 8.37. The smallest absolute Gasteiger partial charge is 0.0266 e. The third-order valence-corrected chi connectivity index (χ3v) is 2.10. The van der Waals surface area contributed by atoms with Crippen molar-refractivity contribution in [2.45, 2.75) is 32.7 Å². The van der Waals surface area contributed by atoms with E-state index in [0.717, 1.165) is 0 Å². The van der Waals surface area contributed by atoms with Crippen LogP contribution in [0.2, 0.25) is 0 Å². The van der Waals surface area contributed by atoms with Gasteiger partial charge in [-0.25, -0.2) is 0 Å². The second kappa shape index (κ2) is 5.25. The maximum Gasteiger partial charge on any atom is 0.0266 e. The van der Waals surface area contributed by atoms with Gasteiger partial charge in [-0.2, -0.15) is 0 Å². The molecule has 0 aliphatic heterocycles. The second-order valence-electron chi connectivity index (χ2n) is 3.61. The standard InChI is InChI=1S/C11H17N.ClH/c1-8(2)10-5-4-6-11(7-10)9(3)12;/h4-9H,12H2,1-3H3;1H. The molecule has 1 aromatic rings. The second-order valence-corrected chi connectivity index (χ2v) is 3.61. The lowest BCUT2D eigenvalue weighted by Gasteiger charge is -2.10. The number of rotatable bonds is 2. The van der Waals surface area contributed by atoms with Crippen molar-refractivity contribution in [3.05, 3.63) is 35.4 Å². The molecule has 74 valence electrons. The first-order valence-electron chi connectivity index (χ1n) is 4.46. The maximum absolute atomic E-state index is 5.78. The van der Waals surface area contributed by atoms with Crippen LogP contribution in [0, 0.1) is 0 Å².